The molecule has 1 aromatic rings. The quantitative estimate of drug-likeness (QED) is 0.601. The van der Waals surface area contributed by atoms with E-state index in [-0.39, 0.29) is 36.3 Å². The van der Waals surface area contributed by atoms with E-state index in [1.54, 1.807) is 18.2 Å². The van der Waals surface area contributed by atoms with Crippen LogP contribution in [0.5, 0.6) is 0 Å². The van der Waals surface area contributed by atoms with Crippen LogP contribution >= 0.6 is 12.4 Å². The molecule has 1 amide bonds. The first-order valence-electron chi connectivity index (χ1n) is 6.74. The molecule has 0 spiro atoms. The fourth-order valence-electron chi connectivity index (χ4n) is 1.90. The fraction of sp³-hybridized carbons (Fsp3) is 0.462. The molecule has 3 N–H and O–H groups in total. The average Bonchev–Trinajstić information content (AvgIpc) is 2.53. The molecule has 1 aromatic carbocycles. The molecule has 0 bridgehead atoms. The van der Waals surface area contributed by atoms with Gasteiger partial charge >= 0.3 is 0 Å². The number of hydrogen-bond donors (Lipinski definition) is 3. The molecule has 1 saturated heterocycles. The molecule has 2 rings (SSSR count). The minimum Gasteiger partial charge on any atom is -0.366 e. The zero-order valence-electron chi connectivity index (χ0n) is 11.9. The summed E-state index contributed by atoms with van der Waals surface area (Å²) in [6.45, 7) is 2.05. The van der Waals surface area contributed by atoms with Gasteiger partial charge in [-0.3, -0.25) is 4.79 Å². The SMILES string of the molecule is Cl.O=C(NCCNS(=O)(=O)c1ccccc1)C1CNCCO1. The third kappa shape index (κ3) is 5.54. The first-order valence-corrected chi connectivity index (χ1v) is 8.23. The molecule has 7 nitrogen and oxygen atoms in total. The molecule has 1 aliphatic heterocycles. The molecule has 1 aliphatic rings. The first-order chi connectivity index (χ1) is 10.1. The van der Waals surface area contributed by atoms with Gasteiger partial charge in [0.1, 0.15) is 6.10 Å². The van der Waals surface area contributed by atoms with Crippen LogP contribution in [0, 0.1) is 0 Å². The highest BCUT2D eigenvalue weighted by Gasteiger charge is 2.21. The van der Waals surface area contributed by atoms with Gasteiger partial charge in [0, 0.05) is 26.2 Å². The van der Waals surface area contributed by atoms with Crippen LogP contribution in [0.2, 0.25) is 0 Å². The summed E-state index contributed by atoms with van der Waals surface area (Å²) in [4.78, 5) is 11.9. The lowest BCUT2D eigenvalue weighted by Crippen LogP contribution is -2.49. The number of carbonyl (C=O) groups excluding carboxylic acids is 1. The minimum absolute atomic E-state index is 0. The zero-order valence-corrected chi connectivity index (χ0v) is 13.6. The number of carbonyl (C=O) groups is 1. The number of halogens is 1. The van der Waals surface area contributed by atoms with Gasteiger partial charge in [0.25, 0.3) is 5.91 Å². The van der Waals surface area contributed by atoms with Crippen LogP contribution in [-0.4, -0.2) is 53.2 Å². The van der Waals surface area contributed by atoms with Crippen LogP contribution < -0.4 is 15.4 Å². The number of rotatable bonds is 6. The number of morpholine rings is 1. The maximum absolute atomic E-state index is 11.9. The maximum atomic E-state index is 11.9. The normalized spacial score (nSPS) is 18.3. The van der Waals surface area contributed by atoms with Gasteiger partial charge in [0.15, 0.2) is 0 Å². The summed E-state index contributed by atoms with van der Waals surface area (Å²) in [5.74, 6) is -0.235. The van der Waals surface area contributed by atoms with E-state index in [1.807, 2.05) is 0 Å². The topological polar surface area (TPSA) is 96.5 Å². The van der Waals surface area contributed by atoms with E-state index < -0.39 is 16.1 Å². The van der Waals surface area contributed by atoms with Crippen molar-refractivity contribution in [3.05, 3.63) is 30.3 Å². The Labute approximate surface area is 136 Å². The standard InChI is InChI=1S/C13H19N3O4S.ClH/c17-13(12-10-14-8-9-20-12)15-6-7-16-21(18,19)11-4-2-1-3-5-11;/h1-5,12,14,16H,6-10H2,(H,15,17);1H. The summed E-state index contributed by atoms with van der Waals surface area (Å²) < 4.78 is 31.6. The summed E-state index contributed by atoms with van der Waals surface area (Å²) >= 11 is 0. The lowest BCUT2D eigenvalue weighted by atomic mass is 10.3. The molecule has 0 saturated carbocycles. The summed E-state index contributed by atoms with van der Waals surface area (Å²) in [5, 5.41) is 5.70. The Balaban J connectivity index is 0.00000242. The summed E-state index contributed by atoms with van der Waals surface area (Å²) in [6.07, 6.45) is -0.510. The van der Waals surface area contributed by atoms with Gasteiger partial charge in [-0.1, -0.05) is 18.2 Å². The Morgan fingerprint density at radius 2 is 2.00 bits per heavy atom. The molecule has 1 fully saturated rings. The van der Waals surface area contributed by atoms with Gasteiger partial charge in [-0.15, -0.1) is 12.4 Å². The summed E-state index contributed by atoms with van der Waals surface area (Å²) in [7, 11) is -3.53. The van der Waals surface area contributed by atoms with Gasteiger partial charge < -0.3 is 15.4 Å². The van der Waals surface area contributed by atoms with Gasteiger partial charge in [0.05, 0.1) is 11.5 Å². The van der Waals surface area contributed by atoms with Crippen LogP contribution in [-0.2, 0) is 19.6 Å². The molecule has 124 valence electrons. The molecular formula is C13H20ClN3O4S. The Kier molecular flexibility index (Phi) is 7.77. The van der Waals surface area contributed by atoms with Crippen molar-refractivity contribution >= 4 is 28.3 Å². The van der Waals surface area contributed by atoms with Crippen molar-refractivity contribution in [2.75, 3.05) is 32.8 Å². The molecule has 9 heteroatoms. The number of amides is 1. The van der Waals surface area contributed by atoms with Crippen molar-refractivity contribution in [2.24, 2.45) is 0 Å². The van der Waals surface area contributed by atoms with Crippen molar-refractivity contribution in [3.8, 4) is 0 Å². The maximum Gasteiger partial charge on any atom is 0.250 e. The van der Waals surface area contributed by atoms with Crippen LogP contribution in [0.3, 0.4) is 0 Å². The van der Waals surface area contributed by atoms with Crippen LogP contribution in [0.15, 0.2) is 35.2 Å². The molecule has 0 radical (unpaired) electrons. The van der Waals surface area contributed by atoms with Crippen LogP contribution in [0.1, 0.15) is 0 Å². The second-order valence-electron chi connectivity index (χ2n) is 4.57. The summed E-state index contributed by atoms with van der Waals surface area (Å²) in [6, 6.07) is 8.09. The second-order valence-corrected chi connectivity index (χ2v) is 6.33. The van der Waals surface area contributed by atoms with E-state index >= 15 is 0 Å². The van der Waals surface area contributed by atoms with Crippen molar-refractivity contribution in [1.82, 2.24) is 15.4 Å². The Morgan fingerprint density at radius 3 is 2.64 bits per heavy atom. The van der Waals surface area contributed by atoms with Gasteiger partial charge in [-0.2, -0.15) is 0 Å². The number of hydrogen-bond acceptors (Lipinski definition) is 5. The molecule has 0 aromatic heterocycles. The Hall–Kier alpha value is -1.19. The van der Waals surface area contributed by atoms with Crippen molar-refractivity contribution in [2.45, 2.75) is 11.0 Å². The first kappa shape index (κ1) is 18.9. The van der Waals surface area contributed by atoms with E-state index in [4.69, 9.17) is 4.74 Å². The lowest BCUT2D eigenvalue weighted by Gasteiger charge is -2.22. The third-order valence-electron chi connectivity index (χ3n) is 2.99. The Morgan fingerprint density at radius 1 is 1.27 bits per heavy atom. The number of sulfonamides is 1. The van der Waals surface area contributed by atoms with Crippen molar-refractivity contribution in [3.63, 3.8) is 0 Å². The van der Waals surface area contributed by atoms with Gasteiger partial charge in [-0.05, 0) is 12.1 Å². The van der Waals surface area contributed by atoms with Crippen molar-refractivity contribution in [1.29, 1.82) is 0 Å². The average molecular weight is 350 g/mol. The van der Waals surface area contributed by atoms with Crippen molar-refractivity contribution < 1.29 is 17.9 Å². The highest BCUT2D eigenvalue weighted by Crippen LogP contribution is 2.06. The zero-order chi connectivity index (χ0) is 15.1. The number of nitrogens with one attached hydrogen (secondary N) is 3. The smallest absolute Gasteiger partial charge is 0.250 e. The molecule has 1 unspecified atom stereocenters. The number of benzene rings is 1. The monoisotopic (exact) mass is 349 g/mol. The van der Waals surface area contributed by atoms with Crippen LogP contribution in [0.4, 0.5) is 0 Å². The summed E-state index contributed by atoms with van der Waals surface area (Å²) in [5.41, 5.74) is 0. The van der Waals surface area contributed by atoms with Crippen LogP contribution in [0.25, 0.3) is 0 Å². The third-order valence-corrected chi connectivity index (χ3v) is 4.47. The van der Waals surface area contributed by atoms with E-state index in [1.165, 1.54) is 12.1 Å². The predicted molar refractivity (Wildman–Crippen MR) is 84.5 cm³/mol. The fourth-order valence-corrected chi connectivity index (χ4v) is 2.95. The van der Waals surface area contributed by atoms with E-state index in [0.29, 0.717) is 13.2 Å². The van der Waals surface area contributed by atoms with E-state index in [2.05, 4.69) is 15.4 Å². The molecule has 22 heavy (non-hydrogen) atoms. The molecular weight excluding hydrogens is 330 g/mol. The second kappa shape index (κ2) is 9.06. The molecule has 1 heterocycles. The predicted octanol–water partition coefficient (Wildman–Crippen LogP) is -0.509. The minimum atomic E-state index is -3.53. The largest absolute Gasteiger partial charge is 0.366 e. The van der Waals surface area contributed by atoms with E-state index in [0.717, 1.165) is 6.54 Å². The Bertz CT molecular complexity index is 562. The lowest BCUT2D eigenvalue weighted by molar-refractivity contribution is -0.134. The van der Waals surface area contributed by atoms with Gasteiger partial charge in [0.2, 0.25) is 10.0 Å². The highest BCUT2D eigenvalue weighted by molar-refractivity contribution is 7.89. The molecule has 1 atom stereocenters. The molecule has 0 aliphatic carbocycles. The highest BCUT2D eigenvalue weighted by atomic mass is 35.5. The number of ether oxygens (including phenoxy) is 1. The van der Waals surface area contributed by atoms with Gasteiger partial charge in [-0.25, -0.2) is 13.1 Å². The van der Waals surface area contributed by atoms with E-state index in [9.17, 15) is 13.2 Å².